The molecule has 5 rings (SSSR count). The third-order valence-corrected chi connectivity index (χ3v) is 7.30. The van der Waals surface area contributed by atoms with Gasteiger partial charge in [-0.3, -0.25) is 0 Å². The van der Waals surface area contributed by atoms with Crippen molar-refractivity contribution in [2.75, 3.05) is 13.2 Å². The molecule has 0 aliphatic carbocycles. The molecule has 0 fully saturated rings. The number of rotatable bonds is 12. The van der Waals surface area contributed by atoms with Crippen molar-refractivity contribution in [2.45, 2.75) is 70.3 Å². The van der Waals surface area contributed by atoms with Crippen molar-refractivity contribution in [3.05, 3.63) is 89.7 Å². The first-order valence-electron chi connectivity index (χ1n) is 14.4. The number of unbranched alkanes of at least 4 members (excludes halogenated alkanes) is 5. The number of halogens is 3. The number of aryl methyl sites for hydroxylation is 2. The van der Waals surface area contributed by atoms with E-state index in [4.69, 9.17) is 5.73 Å². The molecule has 230 valence electrons. The lowest BCUT2D eigenvalue weighted by Gasteiger charge is -2.27. The first-order valence-corrected chi connectivity index (χ1v) is 14.4. The summed E-state index contributed by atoms with van der Waals surface area (Å²) in [6, 6.07) is 12.0. The van der Waals surface area contributed by atoms with Crippen molar-refractivity contribution < 1.29 is 23.3 Å². The maximum Gasteiger partial charge on any atom is 0.736 e. The number of nitrogens with two attached hydrogens (primary N) is 1. The third-order valence-electron chi connectivity index (χ3n) is 7.30. The van der Waals surface area contributed by atoms with E-state index in [-0.39, 0.29) is 25.6 Å². The van der Waals surface area contributed by atoms with E-state index in [1.807, 2.05) is 0 Å². The summed E-state index contributed by atoms with van der Waals surface area (Å²) in [6.07, 6.45) is 21.6. The summed E-state index contributed by atoms with van der Waals surface area (Å²) in [5, 5.41) is 27.7. The first kappa shape index (κ1) is 35.1. The lowest BCUT2D eigenvalue weighted by atomic mass is 9.92. The van der Waals surface area contributed by atoms with E-state index < -0.39 is 12.5 Å². The second-order valence-electron chi connectivity index (χ2n) is 10.6. The van der Waals surface area contributed by atoms with E-state index in [0.717, 1.165) is 21.8 Å². The largest absolute Gasteiger partial charge is 0.736 e. The summed E-state index contributed by atoms with van der Waals surface area (Å²) < 4.78 is 29.7. The minimum absolute atomic E-state index is 0. The summed E-state index contributed by atoms with van der Waals surface area (Å²) >= 11 is 0. The standard InChI is InChI=1S/C19H33NO2.C9H7BF2N2.C2H3N3.ClH/c1-2-3-4-5-6-7-8-17-9-11-18(12-10-17)13-14-19(20,15-21)16-22;11-10(12)13-5-1-3-8(13)7-9-4-2-6-14(9)10;1-2-4-5-3-1;/h9-12,21-22H,2-8,13-16,20H2,1H3;1-7H;1-2H,(H,3,4,5);1H. The fourth-order valence-electron chi connectivity index (χ4n) is 4.66. The molecule has 0 saturated carbocycles. The SMILES string of the molecule is CCCCCCCCc1ccc(CCC(N)(CO)CO)cc1.Cl.F[B-]1(F)n2cccc2C=C2C=CC=[N+]21.c1cn[nH]n1. The minimum atomic E-state index is -3.68. The van der Waals surface area contributed by atoms with Gasteiger partial charge >= 0.3 is 6.97 Å². The van der Waals surface area contributed by atoms with Crippen LogP contribution in [0, 0.1) is 0 Å². The quantitative estimate of drug-likeness (QED) is 0.169. The van der Waals surface area contributed by atoms with Gasteiger partial charge in [0.25, 0.3) is 0 Å². The average Bonchev–Trinajstić information content (AvgIpc) is 3.79. The second-order valence-corrected chi connectivity index (χ2v) is 10.6. The van der Waals surface area contributed by atoms with Gasteiger partial charge in [-0.2, -0.15) is 15.4 Å². The Morgan fingerprint density at radius 2 is 1.57 bits per heavy atom. The number of allylic oxidation sites excluding steroid dienone is 2. The van der Waals surface area contributed by atoms with Crippen molar-refractivity contribution in [1.82, 2.24) is 19.9 Å². The molecule has 0 amide bonds. The number of hydrogen-bond donors (Lipinski definition) is 4. The molecule has 1 aromatic carbocycles. The van der Waals surface area contributed by atoms with Crippen molar-refractivity contribution in [1.29, 1.82) is 0 Å². The Morgan fingerprint density at radius 1 is 0.952 bits per heavy atom. The van der Waals surface area contributed by atoms with Crippen molar-refractivity contribution in [2.24, 2.45) is 5.73 Å². The van der Waals surface area contributed by atoms with Gasteiger partial charge in [-0.1, -0.05) is 63.3 Å². The van der Waals surface area contributed by atoms with Crippen LogP contribution in [0.5, 0.6) is 0 Å². The molecule has 2 aromatic heterocycles. The normalized spacial score (nSPS) is 14.2. The van der Waals surface area contributed by atoms with Crippen LogP contribution in [0.1, 0.15) is 68.7 Å². The van der Waals surface area contributed by atoms with Gasteiger partial charge in [0.05, 0.1) is 31.1 Å². The van der Waals surface area contributed by atoms with Crippen LogP contribution < -0.4 is 5.73 Å². The van der Waals surface area contributed by atoms with Crippen LogP contribution in [-0.2, 0) is 12.8 Å². The van der Waals surface area contributed by atoms with Crippen LogP contribution in [0.4, 0.5) is 8.63 Å². The van der Waals surface area contributed by atoms with Crippen LogP contribution in [0.3, 0.4) is 0 Å². The molecule has 2 aliphatic heterocycles. The van der Waals surface area contributed by atoms with Crippen LogP contribution in [-0.4, -0.2) is 66.5 Å². The number of aromatic amines is 1. The molecular formula is C30H44BClF2N6O2. The Hall–Kier alpha value is -3.12. The highest BCUT2D eigenvalue weighted by atomic mass is 35.5. The molecule has 12 heteroatoms. The zero-order valence-corrected chi connectivity index (χ0v) is 25.1. The molecule has 0 atom stereocenters. The number of fused-ring (bicyclic) bond motifs is 2. The van der Waals surface area contributed by atoms with Gasteiger partial charge < -0.3 is 33.5 Å². The summed E-state index contributed by atoms with van der Waals surface area (Å²) in [6.45, 7) is -1.80. The number of nitrogens with zero attached hydrogens (tertiary/aromatic N) is 4. The highest BCUT2D eigenvalue weighted by Gasteiger charge is 2.49. The molecule has 3 aromatic rings. The summed E-state index contributed by atoms with van der Waals surface area (Å²) in [5.74, 6) is 0. The van der Waals surface area contributed by atoms with Gasteiger partial charge in [-0.25, -0.2) is 0 Å². The molecule has 0 radical (unpaired) electrons. The van der Waals surface area contributed by atoms with E-state index >= 15 is 0 Å². The molecule has 2 aliphatic rings. The topological polar surface area (TPSA) is 116 Å². The Bertz CT molecular complexity index is 1240. The predicted octanol–water partition coefficient (Wildman–Crippen LogP) is 5.15. The molecular weight excluding hydrogens is 561 g/mol. The second kappa shape index (κ2) is 17.8. The Balaban J connectivity index is 0.000000259. The van der Waals surface area contributed by atoms with Crippen LogP contribution in [0.25, 0.3) is 6.08 Å². The number of hydrogen-bond acceptors (Lipinski definition) is 5. The van der Waals surface area contributed by atoms with E-state index in [9.17, 15) is 18.8 Å². The Labute approximate surface area is 253 Å². The Morgan fingerprint density at radius 3 is 2.17 bits per heavy atom. The van der Waals surface area contributed by atoms with Crippen LogP contribution in [0.15, 0.2) is 72.8 Å². The van der Waals surface area contributed by atoms with Gasteiger partial charge in [0.15, 0.2) is 5.70 Å². The lowest BCUT2D eigenvalue weighted by Crippen LogP contribution is -2.48. The number of aliphatic hydroxyl groups excluding tert-OH is 2. The summed E-state index contributed by atoms with van der Waals surface area (Å²) in [4.78, 5) is 0. The maximum absolute atomic E-state index is 13.8. The highest BCUT2D eigenvalue weighted by Crippen LogP contribution is 2.28. The molecule has 4 heterocycles. The number of nitrogens with one attached hydrogen (secondary N) is 1. The number of aromatic nitrogens is 4. The smallest absolute Gasteiger partial charge is 0.396 e. The van der Waals surface area contributed by atoms with Gasteiger partial charge in [0, 0.05) is 23.9 Å². The van der Waals surface area contributed by atoms with Crippen molar-refractivity contribution >= 4 is 31.7 Å². The number of H-pyrrole nitrogens is 1. The minimum Gasteiger partial charge on any atom is -0.396 e. The molecule has 0 bridgehead atoms. The highest BCUT2D eigenvalue weighted by molar-refractivity contribution is 6.57. The molecule has 0 saturated heterocycles. The van der Waals surface area contributed by atoms with Gasteiger partial charge in [-0.15, -0.1) is 12.4 Å². The van der Waals surface area contributed by atoms with E-state index in [0.29, 0.717) is 17.8 Å². The monoisotopic (exact) mass is 604 g/mol. The zero-order valence-electron chi connectivity index (χ0n) is 24.3. The van der Waals surface area contributed by atoms with Crippen molar-refractivity contribution in [3.8, 4) is 0 Å². The predicted molar refractivity (Wildman–Crippen MR) is 168 cm³/mol. The molecule has 42 heavy (non-hydrogen) atoms. The van der Waals surface area contributed by atoms with E-state index in [1.54, 1.807) is 42.8 Å². The van der Waals surface area contributed by atoms with Crippen molar-refractivity contribution in [3.63, 3.8) is 0 Å². The summed E-state index contributed by atoms with van der Waals surface area (Å²) in [5.41, 5.74) is 8.74. The zero-order chi connectivity index (χ0) is 29.6. The molecule has 5 N–H and O–H groups in total. The number of benzene rings is 1. The van der Waals surface area contributed by atoms with E-state index in [2.05, 4.69) is 46.6 Å². The van der Waals surface area contributed by atoms with Gasteiger partial charge in [0.1, 0.15) is 6.21 Å². The third kappa shape index (κ3) is 10.3. The number of aliphatic hydroxyl groups is 2. The van der Waals surface area contributed by atoms with Crippen LogP contribution in [0.2, 0.25) is 0 Å². The van der Waals surface area contributed by atoms with Gasteiger partial charge in [0.2, 0.25) is 0 Å². The fourth-order valence-corrected chi connectivity index (χ4v) is 4.66. The van der Waals surface area contributed by atoms with E-state index in [1.165, 1.54) is 62.1 Å². The summed E-state index contributed by atoms with van der Waals surface area (Å²) in [7, 11) is 0. The van der Waals surface area contributed by atoms with Gasteiger partial charge in [-0.05, 0) is 55.1 Å². The lowest BCUT2D eigenvalue weighted by molar-refractivity contribution is -0.355. The van der Waals surface area contributed by atoms with Crippen LogP contribution >= 0.6 is 12.4 Å². The maximum atomic E-state index is 13.8. The fraction of sp³-hybridized carbons (Fsp3) is 0.433. The molecule has 8 nitrogen and oxygen atoms in total. The molecule has 0 spiro atoms. The first-order chi connectivity index (χ1) is 19.8. The molecule has 0 unspecified atom stereocenters. The average molecular weight is 605 g/mol. The Kier molecular flexibility index (Phi) is 14.8.